The van der Waals surface area contributed by atoms with E-state index >= 15 is 0 Å². The number of amides is 1. The molecule has 0 spiro atoms. The van der Waals surface area contributed by atoms with E-state index in [0.717, 1.165) is 12.1 Å². The van der Waals surface area contributed by atoms with Crippen LogP contribution in [0.25, 0.3) is 0 Å². The Morgan fingerprint density at radius 3 is 2.31 bits per heavy atom. The van der Waals surface area contributed by atoms with Gasteiger partial charge in [-0.2, -0.15) is 0 Å². The van der Waals surface area contributed by atoms with Gasteiger partial charge in [-0.25, -0.2) is 12.8 Å². The second-order valence-corrected chi connectivity index (χ2v) is 7.08. The minimum absolute atomic E-state index is 0.00981. The van der Waals surface area contributed by atoms with Crippen LogP contribution in [0.3, 0.4) is 0 Å². The van der Waals surface area contributed by atoms with Crippen LogP contribution in [0.4, 0.5) is 10.1 Å². The molecule has 26 heavy (non-hydrogen) atoms. The number of anilines is 1. The molecule has 0 atom stereocenters. The first-order valence-electron chi connectivity index (χ1n) is 7.63. The van der Waals surface area contributed by atoms with Gasteiger partial charge in [-0.05, 0) is 60.7 Å². The van der Waals surface area contributed by atoms with Crippen LogP contribution in [0.2, 0.25) is 0 Å². The van der Waals surface area contributed by atoms with E-state index in [1.54, 1.807) is 12.1 Å². The van der Waals surface area contributed by atoms with E-state index in [2.05, 4.69) is 10.0 Å². The standard InChI is InChI=1S/C18H15FN2O4S/c19-14-5-7-15(8-6-14)21-26(23,24)17-9-3-13(4-10-17)18(22)20-12-16-2-1-11-25-16/h1-11,21H,12H2,(H,20,22). The number of carbonyl (C=O) groups excluding carboxylic acids is 1. The molecule has 0 saturated carbocycles. The van der Waals surface area contributed by atoms with Gasteiger partial charge in [0, 0.05) is 11.3 Å². The molecule has 0 saturated heterocycles. The van der Waals surface area contributed by atoms with Crippen molar-refractivity contribution >= 4 is 21.6 Å². The maximum atomic E-state index is 12.9. The van der Waals surface area contributed by atoms with Gasteiger partial charge in [-0.3, -0.25) is 9.52 Å². The Bertz CT molecular complexity index is 983. The topological polar surface area (TPSA) is 88.4 Å². The van der Waals surface area contributed by atoms with E-state index in [4.69, 9.17) is 4.42 Å². The van der Waals surface area contributed by atoms with E-state index in [0.29, 0.717) is 11.3 Å². The van der Waals surface area contributed by atoms with Crippen molar-refractivity contribution in [2.45, 2.75) is 11.4 Å². The van der Waals surface area contributed by atoms with Gasteiger partial charge < -0.3 is 9.73 Å². The van der Waals surface area contributed by atoms with Crippen molar-refractivity contribution in [1.82, 2.24) is 5.32 Å². The third kappa shape index (κ3) is 4.28. The van der Waals surface area contributed by atoms with Crippen LogP contribution in [0.15, 0.2) is 76.2 Å². The van der Waals surface area contributed by atoms with Crippen molar-refractivity contribution in [2.75, 3.05) is 4.72 Å². The van der Waals surface area contributed by atoms with Gasteiger partial charge in [-0.1, -0.05) is 0 Å². The Morgan fingerprint density at radius 1 is 1.00 bits per heavy atom. The zero-order chi connectivity index (χ0) is 18.6. The summed E-state index contributed by atoms with van der Waals surface area (Å²) in [4.78, 5) is 12.1. The van der Waals surface area contributed by atoms with Crippen LogP contribution in [-0.4, -0.2) is 14.3 Å². The van der Waals surface area contributed by atoms with Crippen LogP contribution in [-0.2, 0) is 16.6 Å². The van der Waals surface area contributed by atoms with E-state index < -0.39 is 15.8 Å². The Morgan fingerprint density at radius 2 is 1.69 bits per heavy atom. The summed E-state index contributed by atoms with van der Waals surface area (Å²) in [5.74, 6) is -0.198. The molecule has 0 unspecified atom stereocenters. The summed E-state index contributed by atoms with van der Waals surface area (Å²) in [7, 11) is -3.84. The van der Waals surface area contributed by atoms with E-state index in [1.807, 2.05) is 0 Å². The Balaban J connectivity index is 1.67. The third-order valence-electron chi connectivity index (χ3n) is 3.53. The maximum Gasteiger partial charge on any atom is 0.261 e. The normalized spacial score (nSPS) is 11.1. The van der Waals surface area contributed by atoms with Gasteiger partial charge >= 0.3 is 0 Å². The summed E-state index contributed by atoms with van der Waals surface area (Å²) in [6, 6.07) is 13.9. The zero-order valence-electron chi connectivity index (χ0n) is 13.5. The molecule has 0 fully saturated rings. The minimum atomic E-state index is -3.84. The van der Waals surface area contributed by atoms with Crippen molar-refractivity contribution in [3.05, 3.63) is 84.1 Å². The Hall–Kier alpha value is -3.13. The van der Waals surface area contributed by atoms with E-state index in [1.165, 1.54) is 42.7 Å². The quantitative estimate of drug-likeness (QED) is 0.694. The highest BCUT2D eigenvalue weighted by Crippen LogP contribution is 2.17. The largest absolute Gasteiger partial charge is 0.467 e. The molecule has 0 radical (unpaired) electrons. The average Bonchev–Trinajstić information content (AvgIpc) is 3.15. The lowest BCUT2D eigenvalue weighted by Crippen LogP contribution is -2.22. The van der Waals surface area contributed by atoms with Crippen molar-refractivity contribution < 1.29 is 22.0 Å². The van der Waals surface area contributed by atoms with Crippen LogP contribution < -0.4 is 10.0 Å². The Labute approximate surface area is 149 Å². The molecule has 3 aromatic rings. The fourth-order valence-corrected chi connectivity index (χ4v) is 3.26. The zero-order valence-corrected chi connectivity index (χ0v) is 14.3. The van der Waals surface area contributed by atoms with Gasteiger partial charge in [0.1, 0.15) is 11.6 Å². The lowest BCUT2D eigenvalue weighted by molar-refractivity contribution is 0.0948. The third-order valence-corrected chi connectivity index (χ3v) is 4.92. The lowest BCUT2D eigenvalue weighted by atomic mass is 10.2. The predicted molar refractivity (Wildman–Crippen MR) is 93.5 cm³/mol. The fraction of sp³-hybridized carbons (Fsp3) is 0.0556. The second-order valence-electron chi connectivity index (χ2n) is 5.40. The number of hydrogen-bond acceptors (Lipinski definition) is 4. The number of hydrogen-bond donors (Lipinski definition) is 2. The van der Waals surface area contributed by atoms with Gasteiger partial charge in [-0.15, -0.1) is 0 Å². The molecule has 6 nitrogen and oxygen atoms in total. The van der Waals surface area contributed by atoms with Gasteiger partial charge in [0.15, 0.2) is 0 Å². The summed E-state index contributed by atoms with van der Waals surface area (Å²) in [5.41, 5.74) is 0.559. The first-order chi connectivity index (χ1) is 12.4. The first kappa shape index (κ1) is 17.7. The smallest absolute Gasteiger partial charge is 0.261 e. The molecule has 2 aromatic carbocycles. The van der Waals surface area contributed by atoms with E-state index in [-0.39, 0.29) is 23.0 Å². The van der Waals surface area contributed by atoms with Crippen molar-refractivity contribution in [1.29, 1.82) is 0 Å². The molecule has 1 heterocycles. The molecule has 3 rings (SSSR count). The number of sulfonamides is 1. The van der Waals surface area contributed by atoms with Crippen molar-refractivity contribution in [3.63, 3.8) is 0 Å². The maximum absolute atomic E-state index is 12.9. The molecule has 0 aliphatic rings. The number of rotatable bonds is 6. The first-order valence-corrected chi connectivity index (χ1v) is 9.11. The second kappa shape index (κ2) is 7.40. The molecule has 8 heteroatoms. The predicted octanol–water partition coefficient (Wildman–Crippen LogP) is 3.15. The summed E-state index contributed by atoms with van der Waals surface area (Å²) >= 11 is 0. The summed E-state index contributed by atoms with van der Waals surface area (Å²) in [5, 5.41) is 2.67. The summed E-state index contributed by atoms with van der Waals surface area (Å²) in [6.07, 6.45) is 1.51. The highest BCUT2D eigenvalue weighted by atomic mass is 32.2. The van der Waals surface area contributed by atoms with Crippen LogP contribution >= 0.6 is 0 Å². The molecule has 134 valence electrons. The molecular weight excluding hydrogens is 359 g/mol. The number of benzene rings is 2. The number of nitrogens with one attached hydrogen (secondary N) is 2. The molecule has 0 bridgehead atoms. The lowest BCUT2D eigenvalue weighted by Gasteiger charge is -2.09. The molecule has 2 N–H and O–H groups in total. The van der Waals surface area contributed by atoms with Gasteiger partial charge in [0.25, 0.3) is 15.9 Å². The molecule has 0 aliphatic heterocycles. The molecule has 1 amide bonds. The van der Waals surface area contributed by atoms with Crippen LogP contribution in [0.1, 0.15) is 16.1 Å². The molecule has 0 aliphatic carbocycles. The Kier molecular flexibility index (Phi) is 5.04. The van der Waals surface area contributed by atoms with Crippen LogP contribution in [0.5, 0.6) is 0 Å². The fourth-order valence-electron chi connectivity index (χ4n) is 2.20. The number of halogens is 1. The summed E-state index contributed by atoms with van der Waals surface area (Å²) < 4.78 is 45.0. The van der Waals surface area contributed by atoms with Crippen molar-refractivity contribution in [2.24, 2.45) is 0 Å². The highest BCUT2D eigenvalue weighted by Gasteiger charge is 2.15. The molecular formula is C18H15FN2O4S. The monoisotopic (exact) mass is 374 g/mol. The van der Waals surface area contributed by atoms with E-state index in [9.17, 15) is 17.6 Å². The van der Waals surface area contributed by atoms with Gasteiger partial charge in [0.2, 0.25) is 0 Å². The van der Waals surface area contributed by atoms with Gasteiger partial charge in [0.05, 0.1) is 17.7 Å². The van der Waals surface area contributed by atoms with Crippen molar-refractivity contribution in [3.8, 4) is 0 Å². The average molecular weight is 374 g/mol. The minimum Gasteiger partial charge on any atom is -0.467 e. The number of furan rings is 1. The van der Waals surface area contributed by atoms with Crippen LogP contribution in [0, 0.1) is 5.82 Å². The summed E-state index contributed by atoms with van der Waals surface area (Å²) in [6.45, 7) is 0.234. The highest BCUT2D eigenvalue weighted by molar-refractivity contribution is 7.92. The SMILES string of the molecule is O=C(NCc1ccco1)c1ccc(S(=O)(=O)Nc2ccc(F)cc2)cc1. The number of carbonyl (C=O) groups is 1. The molecule has 1 aromatic heterocycles.